The number of carbonyl (C=O) groups is 1. The van der Waals surface area contributed by atoms with Gasteiger partial charge in [0.2, 0.25) is 0 Å². The number of carbonyl (C=O) groups excluding carboxylic acids is 1. The van der Waals surface area contributed by atoms with E-state index in [1.807, 2.05) is 36.4 Å². The van der Waals surface area contributed by atoms with Gasteiger partial charge in [0, 0.05) is 62.5 Å². The maximum atomic E-state index is 15.3. The third-order valence-corrected chi connectivity index (χ3v) is 9.02. The molecule has 2 fully saturated rings. The van der Waals surface area contributed by atoms with E-state index in [1.54, 1.807) is 43.0 Å². The van der Waals surface area contributed by atoms with E-state index >= 15 is 4.39 Å². The number of benzene rings is 3. The molecular weight excluding hydrogens is 603 g/mol. The van der Waals surface area contributed by atoms with Gasteiger partial charge in [-0.1, -0.05) is 18.2 Å². The van der Waals surface area contributed by atoms with Crippen molar-refractivity contribution in [3.8, 4) is 22.9 Å². The zero-order chi connectivity index (χ0) is 32.5. The zero-order valence-corrected chi connectivity index (χ0v) is 26.2. The number of fused-ring (bicyclic) bond motifs is 1. The van der Waals surface area contributed by atoms with Crippen molar-refractivity contribution >= 4 is 22.5 Å². The Balaban J connectivity index is 1.05. The largest absolute Gasteiger partial charge is 0.490 e. The molecule has 0 radical (unpaired) electrons. The van der Waals surface area contributed by atoms with Crippen LogP contribution in [-0.2, 0) is 16.5 Å². The summed E-state index contributed by atoms with van der Waals surface area (Å²) in [5.41, 5.74) is 1.27. The van der Waals surface area contributed by atoms with Gasteiger partial charge in [-0.3, -0.25) is 19.3 Å². The van der Waals surface area contributed by atoms with Gasteiger partial charge in [-0.25, -0.2) is 9.07 Å². The molecule has 1 amide bonds. The fraction of sp³-hybridized carbons (Fsp3) is 0.306. The number of halogens is 1. The van der Waals surface area contributed by atoms with E-state index in [0.29, 0.717) is 53.6 Å². The van der Waals surface area contributed by atoms with E-state index in [4.69, 9.17) is 18.9 Å². The van der Waals surface area contributed by atoms with Gasteiger partial charge in [0.05, 0.1) is 29.1 Å². The third-order valence-electron chi connectivity index (χ3n) is 9.02. The first-order chi connectivity index (χ1) is 22.8. The quantitative estimate of drug-likeness (QED) is 0.222. The van der Waals surface area contributed by atoms with Gasteiger partial charge < -0.3 is 24.3 Å². The molecule has 2 aliphatic rings. The number of amides is 1. The average molecular weight is 639 g/mol. The van der Waals surface area contributed by atoms with Gasteiger partial charge in [-0.2, -0.15) is 0 Å². The number of pyridine rings is 1. The van der Waals surface area contributed by atoms with Gasteiger partial charge >= 0.3 is 0 Å². The molecule has 2 saturated heterocycles. The minimum Gasteiger partial charge on any atom is -0.490 e. The fourth-order valence-corrected chi connectivity index (χ4v) is 6.43. The average Bonchev–Trinajstić information content (AvgIpc) is 3.30. The second kappa shape index (κ2) is 12.7. The van der Waals surface area contributed by atoms with E-state index < -0.39 is 17.3 Å². The number of rotatable bonds is 7. The van der Waals surface area contributed by atoms with E-state index in [1.165, 1.54) is 16.8 Å². The van der Waals surface area contributed by atoms with Crippen LogP contribution in [0.15, 0.2) is 83.8 Å². The molecule has 2 aliphatic heterocycles. The van der Waals surface area contributed by atoms with Crippen LogP contribution in [-0.4, -0.2) is 51.8 Å². The number of hydrogen-bond acceptors (Lipinski definition) is 7. The molecule has 0 saturated carbocycles. The molecule has 2 aromatic heterocycles. The Labute approximate surface area is 270 Å². The fourth-order valence-electron chi connectivity index (χ4n) is 6.43. The molecule has 5 aromatic rings. The van der Waals surface area contributed by atoms with Crippen molar-refractivity contribution in [3.63, 3.8) is 0 Å². The summed E-state index contributed by atoms with van der Waals surface area (Å²) in [5.74, 6) is -0.215. The molecule has 1 N–H and O–H groups in total. The maximum absolute atomic E-state index is 15.3. The molecule has 47 heavy (non-hydrogen) atoms. The van der Waals surface area contributed by atoms with Crippen molar-refractivity contribution in [2.75, 3.05) is 25.1 Å². The van der Waals surface area contributed by atoms with Crippen molar-refractivity contribution in [1.29, 1.82) is 0 Å². The molecule has 1 spiro atoms. The lowest BCUT2D eigenvalue weighted by Crippen LogP contribution is -2.47. The molecule has 11 heteroatoms. The Morgan fingerprint density at radius 1 is 1.02 bits per heavy atom. The molecule has 4 heterocycles. The summed E-state index contributed by atoms with van der Waals surface area (Å²) >= 11 is 0. The highest BCUT2D eigenvalue weighted by atomic mass is 19.1. The summed E-state index contributed by atoms with van der Waals surface area (Å²) in [5, 5.41) is 3.35. The van der Waals surface area contributed by atoms with Crippen LogP contribution in [0, 0.1) is 12.7 Å². The van der Waals surface area contributed by atoms with Crippen LogP contribution in [0.3, 0.4) is 0 Å². The Kier molecular flexibility index (Phi) is 8.25. The van der Waals surface area contributed by atoms with Crippen molar-refractivity contribution in [1.82, 2.24) is 14.3 Å². The number of nitrogens with one attached hydrogen (secondary N) is 1. The first kappa shape index (κ1) is 30.6. The first-order valence-electron chi connectivity index (χ1n) is 15.7. The summed E-state index contributed by atoms with van der Waals surface area (Å²) < 4.78 is 42.4. The molecule has 0 aliphatic carbocycles. The van der Waals surface area contributed by atoms with E-state index in [-0.39, 0.29) is 28.7 Å². The molecule has 0 bridgehead atoms. The Morgan fingerprint density at radius 3 is 2.62 bits per heavy atom. The molecule has 1 atom stereocenters. The molecule has 242 valence electrons. The Bertz CT molecular complexity index is 2000. The van der Waals surface area contributed by atoms with Crippen molar-refractivity contribution in [2.45, 2.75) is 44.3 Å². The Morgan fingerprint density at radius 2 is 1.83 bits per heavy atom. The number of para-hydroxylation sites is 1. The van der Waals surface area contributed by atoms with Gasteiger partial charge in [0.25, 0.3) is 11.5 Å². The lowest BCUT2D eigenvalue weighted by molar-refractivity contribution is -0.155. The van der Waals surface area contributed by atoms with Gasteiger partial charge in [0.1, 0.15) is 23.2 Å². The summed E-state index contributed by atoms with van der Waals surface area (Å²) in [6, 6.07) is 20.4. The van der Waals surface area contributed by atoms with Crippen LogP contribution in [0.5, 0.6) is 17.2 Å². The summed E-state index contributed by atoms with van der Waals surface area (Å²) in [6.45, 7) is 3.76. The van der Waals surface area contributed by atoms with Crippen LogP contribution in [0.4, 0.5) is 10.1 Å². The minimum absolute atomic E-state index is 0.0244. The van der Waals surface area contributed by atoms with Crippen LogP contribution >= 0.6 is 0 Å². The number of ether oxygens (including phenoxy) is 4. The molecule has 3 aromatic carbocycles. The zero-order valence-electron chi connectivity index (χ0n) is 26.2. The predicted octanol–water partition coefficient (Wildman–Crippen LogP) is 6.32. The van der Waals surface area contributed by atoms with Crippen LogP contribution in [0.25, 0.3) is 16.6 Å². The third kappa shape index (κ3) is 6.11. The van der Waals surface area contributed by atoms with E-state index in [9.17, 15) is 9.59 Å². The molecule has 1 unspecified atom stereocenters. The van der Waals surface area contributed by atoms with Crippen LogP contribution in [0.1, 0.15) is 41.7 Å². The minimum atomic E-state index is -0.680. The lowest BCUT2D eigenvalue weighted by Gasteiger charge is -2.43. The highest BCUT2D eigenvalue weighted by Gasteiger charge is 2.40. The SMILES string of the molecule is Cc1c(C(=O)Nc2ccc(Oc3ccnc4cc(OC5CCOC6(CCOCC6)C5)ccc34)c(F)c2)c(=O)n(-c2ccccc2)n1C. The summed E-state index contributed by atoms with van der Waals surface area (Å²) in [4.78, 5) is 30.9. The van der Waals surface area contributed by atoms with E-state index in [2.05, 4.69) is 10.3 Å². The Hall–Kier alpha value is -5.00. The summed E-state index contributed by atoms with van der Waals surface area (Å²) in [7, 11) is 1.71. The second-order valence-electron chi connectivity index (χ2n) is 12.0. The number of hydrogen-bond donors (Lipinski definition) is 1. The van der Waals surface area contributed by atoms with Crippen molar-refractivity contribution in [3.05, 3.63) is 106 Å². The molecule has 10 nitrogen and oxygen atoms in total. The standard InChI is InChI=1S/C36H35FN4O6/c1-23-33(35(43)41(40(23)2)25-6-4-3-5-7-25)34(42)39-24-8-11-32(29(37)20-24)47-31-12-16-38-30-21-26(9-10-28(30)31)46-27-13-17-45-36(22-27)14-18-44-19-15-36/h3-12,16,20-21,27H,13-15,17-19,22H2,1-2H3,(H,39,42). The number of aromatic nitrogens is 3. The van der Waals surface area contributed by atoms with Gasteiger partial charge in [0.15, 0.2) is 11.6 Å². The monoisotopic (exact) mass is 638 g/mol. The highest BCUT2D eigenvalue weighted by molar-refractivity contribution is 6.05. The number of nitrogens with zero attached hydrogens (tertiary/aromatic N) is 3. The van der Waals surface area contributed by atoms with Crippen molar-refractivity contribution in [2.24, 2.45) is 7.05 Å². The topological polar surface area (TPSA) is 106 Å². The van der Waals surface area contributed by atoms with Gasteiger partial charge in [-0.15, -0.1) is 0 Å². The smallest absolute Gasteiger partial charge is 0.284 e. The highest BCUT2D eigenvalue weighted by Crippen LogP contribution is 2.37. The van der Waals surface area contributed by atoms with E-state index in [0.717, 1.165) is 31.7 Å². The maximum Gasteiger partial charge on any atom is 0.284 e. The predicted molar refractivity (Wildman–Crippen MR) is 174 cm³/mol. The normalized spacial score (nSPS) is 17.5. The van der Waals surface area contributed by atoms with Crippen LogP contribution in [0.2, 0.25) is 0 Å². The second-order valence-corrected chi connectivity index (χ2v) is 12.0. The van der Waals surface area contributed by atoms with Gasteiger partial charge in [-0.05, 0) is 62.2 Å². The lowest BCUT2D eigenvalue weighted by atomic mass is 9.85. The van der Waals surface area contributed by atoms with Crippen molar-refractivity contribution < 1.29 is 28.1 Å². The number of anilines is 1. The molecule has 7 rings (SSSR count). The first-order valence-corrected chi connectivity index (χ1v) is 15.7. The molecular formula is C36H35FN4O6. The van der Waals surface area contributed by atoms with Crippen LogP contribution < -0.4 is 20.3 Å². The summed E-state index contributed by atoms with van der Waals surface area (Å²) in [6.07, 6.45) is 5.01.